The van der Waals surface area contributed by atoms with Crippen LogP contribution in [0.1, 0.15) is 0 Å². The van der Waals surface area contributed by atoms with Crippen LogP contribution >= 0.6 is 7.82 Å². The van der Waals surface area contributed by atoms with E-state index in [9.17, 15) is 0 Å². The standard InChI is InChI=1S/H3NO3S.H3O4P/c2-1-5(3)4;1-5(2,3)4/h1-2H,(H,3,4);(H3,1,2,3,4)/p-1. The lowest BCUT2D eigenvalue weighted by Crippen LogP contribution is -2.08. The summed E-state index contributed by atoms with van der Waals surface area (Å²) < 4.78 is 26.9. The molecule has 0 bridgehead atoms. The lowest BCUT2D eigenvalue weighted by Gasteiger charge is -1.94. The van der Waals surface area contributed by atoms with Gasteiger partial charge in [0.05, 0.1) is 0 Å². The minimum atomic E-state index is -4.64. The normalized spacial score (nSPS) is 13.3. The van der Waals surface area contributed by atoms with Gasteiger partial charge < -0.3 is 24.4 Å². The Balaban J connectivity index is 0. The number of phosphoric acid groups is 1. The average molecular weight is 194 g/mol. The van der Waals surface area contributed by atoms with Gasteiger partial charge in [-0.25, -0.2) is 4.57 Å². The SMILES string of the molecule is O=P(O)(O)O.O=S([O-])NO. The van der Waals surface area contributed by atoms with Crippen molar-refractivity contribution in [3.05, 3.63) is 0 Å². The zero-order chi connectivity index (χ0) is 8.78. The third kappa shape index (κ3) is 90.6. The molecule has 1 atom stereocenters. The van der Waals surface area contributed by atoms with Crippen molar-refractivity contribution in [2.75, 3.05) is 0 Å². The smallest absolute Gasteiger partial charge is 0.466 e. The summed E-state index contributed by atoms with van der Waals surface area (Å²) in [7, 11) is -4.64. The van der Waals surface area contributed by atoms with Crippen molar-refractivity contribution < 1.29 is 33.2 Å². The molecule has 10 heteroatoms. The molecule has 0 aliphatic heterocycles. The number of hydrogen-bond donors (Lipinski definition) is 5. The van der Waals surface area contributed by atoms with Gasteiger partial charge in [-0.3, -0.25) is 4.21 Å². The summed E-state index contributed by atoms with van der Waals surface area (Å²) in [4.78, 5) is 22.5. The van der Waals surface area contributed by atoms with Gasteiger partial charge in [-0.15, -0.1) is 4.89 Å². The van der Waals surface area contributed by atoms with Crippen LogP contribution in [0.3, 0.4) is 0 Å². The van der Waals surface area contributed by atoms with Crippen molar-refractivity contribution in [1.82, 2.24) is 4.89 Å². The van der Waals surface area contributed by atoms with Crippen LogP contribution < -0.4 is 4.89 Å². The predicted molar refractivity (Wildman–Crippen MR) is 28.1 cm³/mol. The molecule has 0 aromatic heterocycles. The van der Waals surface area contributed by atoms with Gasteiger partial charge in [0, 0.05) is 11.3 Å². The molecule has 0 aromatic rings. The molecule has 0 aliphatic rings. The first-order valence-corrected chi connectivity index (χ1v) is 4.18. The van der Waals surface area contributed by atoms with Gasteiger partial charge in [0.1, 0.15) is 0 Å². The lowest BCUT2D eigenvalue weighted by molar-refractivity contribution is 0.237. The van der Waals surface area contributed by atoms with Gasteiger partial charge >= 0.3 is 7.82 Å². The van der Waals surface area contributed by atoms with E-state index in [0.29, 0.717) is 0 Å². The third-order valence-corrected chi connectivity index (χ3v) is 0.224. The van der Waals surface area contributed by atoms with E-state index in [1.54, 1.807) is 0 Å². The molecule has 64 valence electrons. The molecular weight excluding hydrogens is 189 g/mol. The van der Waals surface area contributed by atoms with Crippen LogP contribution in [0.25, 0.3) is 0 Å². The summed E-state index contributed by atoms with van der Waals surface area (Å²) >= 11 is -2.52. The monoisotopic (exact) mass is 194 g/mol. The molecule has 0 aliphatic carbocycles. The quantitative estimate of drug-likeness (QED) is 0.181. The van der Waals surface area contributed by atoms with E-state index in [1.165, 1.54) is 0 Å². The van der Waals surface area contributed by atoms with E-state index >= 15 is 0 Å². The Hall–Kier alpha value is 0.140. The highest BCUT2D eigenvalue weighted by Gasteiger charge is 2.00. The van der Waals surface area contributed by atoms with Gasteiger partial charge in [-0.2, -0.15) is 0 Å². The summed E-state index contributed by atoms with van der Waals surface area (Å²) in [6, 6.07) is 0. The molecule has 0 saturated heterocycles. The van der Waals surface area contributed by atoms with Gasteiger partial charge in [0.2, 0.25) is 0 Å². The fourth-order valence-electron chi connectivity index (χ4n) is 0. The summed E-state index contributed by atoms with van der Waals surface area (Å²) in [5, 5.41) is 7.28. The maximum Gasteiger partial charge on any atom is 0.466 e. The minimum absolute atomic E-state index is 0.944. The Morgan fingerprint density at radius 3 is 1.50 bits per heavy atom. The van der Waals surface area contributed by atoms with Crippen molar-refractivity contribution in [2.24, 2.45) is 0 Å². The number of nitrogens with one attached hydrogen (secondary N) is 1. The van der Waals surface area contributed by atoms with Crippen molar-refractivity contribution in [1.29, 1.82) is 0 Å². The first kappa shape index (κ1) is 12.8. The molecule has 8 nitrogen and oxygen atoms in total. The summed E-state index contributed by atoms with van der Waals surface area (Å²) in [5.74, 6) is 0. The second kappa shape index (κ2) is 5.89. The third-order valence-electron chi connectivity index (χ3n) is 0.0745. The van der Waals surface area contributed by atoms with Gasteiger partial charge in [-0.05, 0) is 0 Å². The maximum atomic E-state index is 9.01. The molecule has 0 aromatic carbocycles. The van der Waals surface area contributed by atoms with Crippen molar-refractivity contribution in [3.63, 3.8) is 0 Å². The average Bonchev–Trinajstić information content (AvgIpc) is 1.61. The van der Waals surface area contributed by atoms with Gasteiger partial charge in [-0.1, -0.05) is 0 Å². The zero-order valence-electron chi connectivity index (χ0n) is 4.37. The summed E-state index contributed by atoms with van der Waals surface area (Å²) in [6.45, 7) is 0. The van der Waals surface area contributed by atoms with Crippen LogP contribution in [0.2, 0.25) is 0 Å². The maximum absolute atomic E-state index is 9.01. The van der Waals surface area contributed by atoms with Crippen LogP contribution in [-0.2, 0) is 15.8 Å². The first-order chi connectivity index (χ1) is 4.27. The fourth-order valence-corrected chi connectivity index (χ4v) is 0. The fraction of sp³-hybridized carbons (Fsp3) is 0. The lowest BCUT2D eigenvalue weighted by atomic mass is 13.5. The Morgan fingerprint density at radius 2 is 1.50 bits per heavy atom. The van der Waals surface area contributed by atoms with Gasteiger partial charge in [0.25, 0.3) is 0 Å². The Bertz CT molecular complexity index is 128. The number of rotatable bonds is 1. The molecule has 0 heterocycles. The molecule has 0 radical (unpaired) electrons. The number of hydrogen-bond acceptors (Lipinski definition) is 4. The molecule has 0 spiro atoms. The molecule has 0 saturated carbocycles. The summed E-state index contributed by atoms with van der Waals surface area (Å²) in [5.41, 5.74) is 0. The molecule has 0 rings (SSSR count). The van der Waals surface area contributed by atoms with Crippen molar-refractivity contribution in [2.45, 2.75) is 0 Å². The second-order valence-corrected chi connectivity index (χ2v) is 2.52. The minimum Gasteiger partial charge on any atom is -0.758 e. The van der Waals surface area contributed by atoms with Crippen molar-refractivity contribution >= 4 is 19.1 Å². The Morgan fingerprint density at radius 1 is 1.40 bits per heavy atom. The molecular formula is H5NO7PS-. The largest absolute Gasteiger partial charge is 0.758 e. The van der Waals surface area contributed by atoms with E-state index in [2.05, 4.69) is 0 Å². The topological polar surface area (TPSA) is 150 Å². The second-order valence-electron chi connectivity index (χ2n) is 0.839. The van der Waals surface area contributed by atoms with Crippen LogP contribution in [0.4, 0.5) is 0 Å². The van der Waals surface area contributed by atoms with Crippen molar-refractivity contribution in [3.8, 4) is 0 Å². The highest BCUT2D eigenvalue weighted by atomic mass is 32.2. The van der Waals surface area contributed by atoms with E-state index in [-0.39, 0.29) is 0 Å². The highest BCUT2D eigenvalue weighted by Crippen LogP contribution is 2.25. The zero-order valence-corrected chi connectivity index (χ0v) is 6.08. The van der Waals surface area contributed by atoms with Crippen LogP contribution in [0.15, 0.2) is 0 Å². The van der Waals surface area contributed by atoms with E-state index in [0.717, 1.165) is 4.89 Å². The van der Waals surface area contributed by atoms with E-state index in [4.69, 9.17) is 33.2 Å². The highest BCUT2D eigenvalue weighted by molar-refractivity contribution is 7.76. The van der Waals surface area contributed by atoms with E-state index in [1.807, 2.05) is 0 Å². The predicted octanol–water partition coefficient (Wildman–Crippen LogP) is -2.17. The van der Waals surface area contributed by atoms with Crippen LogP contribution in [0.5, 0.6) is 0 Å². The van der Waals surface area contributed by atoms with Gasteiger partial charge in [0.15, 0.2) is 0 Å². The van der Waals surface area contributed by atoms with E-state index < -0.39 is 19.1 Å². The Kier molecular flexibility index (Phi) is 7.53. The molecule has 1 unspecified atom stereocenters. The molecule has 5 N–H and O–H groups in total. The first-order valence-electron chi connectivity index (χ1n) is 1.54. The molecule has 0 amide bonds. The Labute approximate surface area is 58.1 Å². The van der Waals surface area contributed by atoms with Crippen LogP contribution in [-0.4, -0.2) is 28.6 Å². The molecule has 0 fully saturated rings. The summed E-state index contributed by atoms with van der Waals surface area (Å²) in [6.07, 6.45) is 0. The van der Waals surface area contributed by atoms with Crippen LogP contribution in [0, 0.1) is 0 Å². The molecule has 10 heavy (non-hydrogen) atoms.